The van der Waals surface area contributed by atoms with E-state index in [1.807, 2.05) is 0 Å². The zero-order valence-electron chi connectivity index (χ0n) is 14.9. The van der Waals surface area contributed by atoms with Gasteiger partial charge in [-0.25, -0.2) is 14.5 Å². The second-order valence-corrected chi connectivity index (χ2v) is 6.46. The van der Waals surface area contributed by atoms with Crippen molar-refractivity contribution >= 4 is 24.8 Å². The lowest BCUT2D eigenvalue weighted by Crippen LogP contribution is -2.36. The molecular formula is C16H19BN6O5. The molecule has 0 amide bonds. The van der Waals surface area contributed by atoms with Gasteiger partial charge in [0.05, 0.1) is 18.3 Å². The molecule has 28 heavy (non-hydrogen) atoms. The highest BCUT2D eigenvalue weighted by atomic mass is 16.5. The summed E-state index contributed by atoms with van der Waals surface area (Å²) < 4.78 is 6.76. The smallest absolute Gasteiger partial charge is 0.526 e. The van der Waals surface area contributed by atoms with Crippen molar-refractivity contribution in [3.63, 3.8) is 0 Å². The molecule has 0 bridgehead atoms. The number of aromatic carboxylic acids is 1. The lowest BCUT2D eigenvalue weighted by molar-refractivity contribution is -0.120. The van der Waals surface area contributed by atoms with Crippen molar-refractivity contribution in [2.45, 2.75) is 31.7 Å². The third-order valence-electron chi connectivity index (χ3n) is 4.29. The van der Waals surface area contributed by atoms with Gasteiger partial charge in [0.2, 0.25) is 0 Å². The van der Waals surface area contributed by atoms with Crippen LogP contribution in [0.25, 0.3) is 0 Å². The Hall–Kier alpha value is -3.41. The minimum absolute atomic E-state index is 0.0164. The molecule has 2 aromatic rings. The number of nitrogens with zero attached hydrogens (tertiary/aromatic N) is 4. The van der Waals surface area contributed by atoms with Crippen molar-refractivity contribution in [1.82, 2.24) is 15.0 Å². The van der Waals surface area contributed by atoms with E-state index in [9.17, 15) is 19.7 Å². The van der Waals surface area contributed by atoms with Gasteiger partial charge < -0.3 is 26.3 Å². The van der Waals surface area contributed by atoms with E-state index >= 15 is 0 Å². The van der Waals surface area contributed by atoms with Crippen LogP contribution in [0.2, 0.25) is 5.82 Å². The summed E-state index contributed by atoms with van der Waals surface area (Å²) in [6, 6.07) is 4.73. The predicted molar refractivity (Wildman–Crippen MR) is 98.6 cm³/mol. The van der Waals surface area contributed by atoms with Crippen molar-refractivity contribution in [2.24, 2.45) is 16.5 Å². The molecule has 0 aliphatic carbocycles. The summed E-state index contributed by atoms with van der Waals surface area (Å²) in [5, 5.41) is 27.2. The summed E-state index contributed by atoms with van der Waals surface area (Å²) in [4.78, 5) is 27.5. The maximum atomic E-state index is 12.4. The summed E-state index contributed by atoms with van der Waals surface area (Å²) >= 11 is 0. The molecule has 0 radical (unpaired) electrons. The van der Waals surface area contributed by atoms with Crippen LogP contribution in [-0.4, -0.2) is 50.0 Å². The summed E-state index contributed by atoms with van der Waals surface area (Å²) in [7, 11) is -1.27. The number of fused-ring (bicyclic) bond motifs is 1. The standard InChI is InChI=1S/C16H19BN6O5/c18-16(19)20-6-11-7-23(22-21-11)8-12(24)5-10-4-9-2-1-3-13(15(25)26)14(9)28-17(10)27/h1-3,7,10,27H,4-6,8H2,(H,25,26)(H4,18,19,20)/t10-/m1/s1. The highest BCUT2D eigenvalue weighted by Gasteiger charge is 2.37. The van der Waals surface area contributed by atoms with E-state index in [1.54, 1.807) is 18.3 Å². The first kappa shape index (κ1) is 19.4. The first-order valence-corrected chi connectivity index (χ1v) is 8.49. The third-order valence-corrected chi connectivity index (χ3v) is 4.29. The summed E-state index contributed by atoms with van der Waals surface area (Å²) in [6.45, 7) is 0.133. The molecule has 6 N–H and O–H groups in total. The van der Waals surface area contributed by atoms with Gasteiger partial charge in [0.1, 0.15) is 18.0 Å². The Kier molecular flexibility index (Phi) is 5.59. The maximum absolute atomic E-state index is 12.4. The summed E-state index contributed by atoms with van der Waals surface area (Å²) in [5.41, 5.74) is 11.6. The van der Waals surface area contributed by atoms with Gasteiger partial charge in [-0.15, -0.1) is 5.10 Å². The molecule has 3 rings (SSSR count). The zero-order valence-corrected chi connectivity index (χ0v) is 14.9. The quantitative estimate of drug-likeness (QED) is 0.269. The van der Waals surface area contributed by atoms with Crippen molar-refractivity contribution in [3.05, 3.63) is 41.2 Å². The Morgan fingerprint density at radius 1 is 1.39 bits per heavy atom. The summed E-state index contributed by atoms with van der Waals surface area (Å²) in [6.07, 6.45) is 1.93. The Morgan fingerprint density at radius 2 is 2.18 bits per heavy atom. The fourth-order valence-corrected chi connectivity index (χ4v) is 3.02. The molecule has 1 aliphatic heterocycles. The van der Waals surface area contributed by atoms with Crippen molar-refractivity contribution < 1.29 is 24.4 Å². The van der Waals surface area contributed by atoms with E-state index in [2.05, 4.69) is 15.3 Å². The molecule has 0 saturated carbocycles. The van der Waals surface area contributed by atoms with Crippen LogP contribution in [0, 0.1) is 0 Å². The topological polar surface area (TPSA) is 179 Å². The number of aromatic nitrogens is 3. The lowest BCUT2D eigenvalue weighted by Gasteiger charge is -2.27. The van der Waals surface area contributed by atoms with E-state index in [0.29, 0.717) is 17.7 Å². The molecule has 1 aromatic carbocycles. The predicted octanol–water partition coefficient (Wildman–Crippen LogP) is -0.805. The monoisotopic (exact) mass is 386 g/mol. The molecule has 2 heterocycles. The number of ketones is 1. The normalized spacial score (nSPS) is 15.5. The van der Waals surface area contributed by atoms with Gasteiger partial charge in [0.15, 0.2) is 11.7 Å². The second-order valence-electron chi connectivity index (χ2n) is 6.46. The van der Waals surface area contributed by atoms with Crippen LogP contribution >= 0.6 is 0 Å². The third kappa shape index (κ3) is 4.46. The van der Waals surface area contributed by atoms with E-state index in [-0.39, 0.29) is 42.6 Å². The Labute approximate surface area is 160 Å². The number of carbonyl (C=O) groups excluding carboxylic acids is 1. The van der Waals surface area contributed by atoms with Gasteiger partial charge in [-0.2, -0.15) is 0 Å². The number of hydrogen-bond acceptors (Lipinski definition) is 7. The first-order chi connectivity index (χ1) is 13.3. The van der Waals surface area contributed by atoms with Gasteiger partial charge in [0.25, 0.3) is 0 Å². The highest BCUT2D eigenvalue weighted by molar-refractivity contribution is 6.47. The molecule has 0 unspecified atom stereocenters. The molecule has 1 aliphatic rings. The first-order valence-electron chi connectivity index (χ1n) is 8.49. The van der Waals surface area contributed by atoms with Crippen molar-refractivity contribution in [3.8, 4) is 5.75 Å². The molecule has 0 fully saturated rings. The average molecular weight is 386 g/mol. The fraction of sp³-hybridized carbons (Fsp3) is 0.312. The number of rotatable bonds is 7. The van der Waals surface area contributed by atoms with Gasteiger partial charge in [-0.1, -0.05) is 17.3 Å². The molecule has 1 aromatic heterocycles. The number of carboxylic acid groups (broad SMARTS) is 1. The minimum Gasteiger partial charge on any atom is -0.535 e. The second kappa shape index (κ2) is 8.09. The lowest BCUT2D eigenvalue weighted by atomic mass is 9.64. The molecule has 0 saturated heterocycles. The molecule has 1 atom stereocenters. The summed E-state index contributed by atoms with van der Waals surface area (Å²) in [5.74, 6) is -1.73. The molecule has 11 nitrogen and oxygen atoms in total. The molecule has 146 valence electrons. The van der Waals surface area contributed by atoms with E-state index < -0.39 is 18.9 Å². The van der Waals surface area contributed by atoms with Crippen LogP contribution in [0.1, 0.15) is 28.0 Å². The zero-order chi connectivity index (χ0) is 20.3. The largest absolute Gasteiger partial charge is 0.535 e. The van der Waals surface area contributed by atoms with Crippen molar-refractivity contribution in [2.75, 3.05) is 0 Å². The fourth-order valence-electron chi connectivity index (χ4n) is 3.02. The van der Waals surface area contributed by atoms with Crippen LogP contribution in [-0.2, 0) is 24.3 Å². The maximum Gasteiger partial charge on any atom is 0.526 e. The van der Waals surface area contributed by atoms with Crippen LogP contribution < -0.4 is 16.1 Å². The van der Waals surface area contributed by atoms with Gasteiger partial charge in [-0.05, 0) is 18.1 Å². The highest BCUT2D eigenvalue weighted by Crippen LogP contribution is 2.36. The Balaban J connectivity index is 1.63. The number of nitrogens with two attached hydrogens (primary N) is 2. The SMILES string of the molecule is NC(N)=NCc1cn(CC(=O)C[C@H]2Cc3cccc(C(=O)O)c3OB2O)nn1. The van der Waals surface area contributed by atoms with Crippen LogP contribution in [0.3, 0.4) is 0 Å². The van der Waals surface area contributed by atoms with Crippen molar-refractivity contribution in [1.29, 1.82) is 0 Å². The Morgan fingerprint density at radius 3 is 2.89 bits per heavy atom. The molecule has 12 heteroatoms. The number of para-hydroxylation sites is 1. The van der Waals surface area contributed by atoms with E-state index in [0.717, 1.165) is 0 Å². The van der Waals surface area contributed by atoms with Crippen LogP contribution in [0.4, 0.5) is 0 Å². The number of carbonyl (C=O) groups is 2. The van der Waals surface area contributed by atoms with Crippen LogP contribution in [0.5, 0.6) is 5.75 Å². The molecule has 0 spiro atoms. The van der Waals surface area contributed by atoms with Crippen LogP contribution in [0.15, 0.2) is 29.4 Å². The number of Topliss-reactive ketones (excluding diaryl/α,β-unsaturated/α-hetero) is 1. The Bertz CT molecular complexity index is 926. The van der Waals surface area contributed by atoms with Gasteiger partial charge in [-0.3, -0.25) is 4.79 Å². The van der Waals surface area contributed by atoms with Gasteiger partial charge >= 0.3 is 13.1 Å². The van der Waals surface area contributed by atoms with E-state index in [1.165, 1.54) is 10.7 Å². The number of carboxylic acids is 1. The van der Waals surface area contributed by atoms with E-state index in [4.69, 9.17) is 16.1 Å². The number of aliphatic imine (C=N–C) groups is 1. The number of benzene rings is 1. The average Bonchev–Trinajstić information content (AvgIpc) is 3.07. The number of hydrogen-bond donors (Lipinski definition) is 4. The van der Waals surface area contributed by atoms with Gasteiger partial charge in [0, 0.05) is 12.2 Å². The molecular weight excluding hydrogens is 367 g/mol. The minimum atomic E-state index is -1.27. The number of guanidine groups is 1.